The summed E-state index contributed by atoms with van der Waals surface area (Å²) in [5.41, 5.74) is 2.18. The van der Waals surface area contributed by atoms with Crippen molar-refractivity contribution >= 4 is 48.1 Å². The second kappa shape index (κ2) is 41.3. The van der Waals surface area contributed by atoms with Crippen LogP contribution in [0.5, 0.6) is 11.8 Å². The summed E-state index contributed by atoms with van der Waals surface area (Å²) < 4.78 is 176. The number of methoxy groups -OCH3 is 1. The SMILES string of the molecule is COCCOCCOCCOCCOCCOCC[N+](CCCS(=O)(=O)O)=c1ccc2c(C=CC=C3N(CCOCCOCCOCCOCCOCCOCCC(=O)On4c(O)ccc4O)c4ccc(S(=O)(=O)O)cc4C3(C)CCCS(=O)(=O)O)ccoc-2c1. The molecule has 0 saturated heterocycles. The molecule has 0 fully saturated rings. The van der Waals surface area contributed by atoms with Crippen LogP contribution in [0.3, 0.4) is 0 Å². The maximum atomic E-state index is 12.5. The minimum Gasteiger partial charge on any atom is -0.492 e. The zero-order valence-corrected chi connectivity index (χ0v) is 54.0. The van der Waals surface area contributed by atoms with Gasteiger partial charge in [0.25, 0.3) is 30.4 Å². The average Bonchev–Trinajstić information content (AvgIpc) is 1.59. The molecule has 2 aromatic rings. The normalized spacial score (nSPS) is 15.4. The van der Waals surface area contributed by atoms with Crippen LogP contribution in [0.25, 0.3) is 17.4 Å². The number of anilines is 1. The van der Waals surface area contributed by atoms with Crippen LogP contribution in [0.15, 0.2) is 88.0 Å². The van der Waals surface area contributed by atoms with Crippen LogP contribution < -0.4 is 19.7 Å². The molecule has 1 aromatic carbocycles. The molecule has 3 heterocycles. The number of nitrogens with zero attached hydrogens (tertiary/aromatic N) is 3. The Kier molecular flexibility index (Phi) is 34.6. The van der Waals surface area contributed by atoms with E-state index in [-0.39, 0.29) is 89.9 Å². The van der Waals surface area contributed by atoms with E-state index < -0.39 is 65.0 Å². The summed E-state index contributed by atoms with van der Waals surface area (Å²) in [7, 11) is -11.6. The zero-order valence-electron chi connectivity index (χ0n) is 51.5. The fraction of sp³-hybridized carbons (Fsp3) is 0.593. The third-order valence-corrected chi connectivity index (χ3v) is 16.2. The number of carbonyl (C=O) groups is 1. The lowest BCUT2D eigenvalue weighted by molar-refractivity contribution is -0.146. The van der Waals surface area contributed by atoms with Crippen molar-refractivity contribution in [2.75, 3.05) is 195 Å². The number of allylic oxidation sites excluding steroid dienone is 3. The van der Waals surface area contributed by atoms with Gasteiger partial charge >= 0.3 is 5.97 Å². The molecule has 3 aliphatic rings. The zero-order chi connectivity index (χ0) is 65.8. The quantitative estimate of drug-likeness (QED) is 0.0241. The second-order valence-electron chi connectivity index (χ2n) is 20.4. The first kappa shape index (κ1) is 76.2. The van der Waals surface area contributed by atoms with Gasteiger partial charge in [-0.25, -0.2) is 9.37 Å². The number of aromatic nitrogens is 1. The van der Waals surface area contributed by atoms with Gasteiger partial charge in [-0.05, 0) is 67.3 Å². The highest BCUT2D eigenvalue weighted by molar-refractivity contribution is 7.86. The van der Waals surface area contributed by atoms with E-state index in [1.54, 1.807) is 25.3 Å². The summed E-state index contributed by atoms with van der Waals surface area (Å²) in [6.07, 6.45) is 7.20. The molecule has 0 bridgehead atoms. The van der Waals surface area contributed by atoms with E-state index in [1.807, 2.05) is 46.8 Å². The molecule has 0 saturated carbocycles. The Morgan fingerprint density at radius 3 is 1.59 bits per heavy atom. The lowest BCUT2D eigenvalue weighted by Gasteiger charge is -2.30. The van der Waals surface area contributed by atoms with Crippen molar-refractivity contribution in [2.24, 2.45) is 0 Å². The highest BCUT2D eigenvalue weighted by atomic mass is 32.2. The standard InChI is InChI=1S/C59H87N3O26S3/c1-59(16-4-44-89(66,67)68)52-47-50(91(72,73)74)9-11-53(52)61(19-23-78-28-31-82-36-39-86-43-42-84-37-34-80-29-26-76-20-15-58(65)88-62-56(63)12-13-57(62)64)55(59)7-3-6-48-14-21-87-54-46-49(8-10-51(48)54)60(17-5-45-90(69,70)71)18-22-77-27-30-81-35-38-85-41-40-83-33-32-79-25-24-75-2/h3,6-14,21,46-47H,4-5,15-20,22-45H2,1-2H3,(H4-,63,64,66,67,68,69,70,71,72,73,74)/p+1. The van der Waals surface area contributed by atoms with Crippen molar-refractivity contribution in [1.82, 2.24) is 9.31 Å². The predicted molar refractivity (Wildman–Crippen MR) is 330 cm³/mol. The summed E-state index contributed by atoms with van der Waals surface area (Å²) >= 11 is 0. The molecular weight excluding hydrogens is 1260 g/mol. The van der Waals surface area contributed by atoms with E-state index in [2.05, 4.69) is 0 Å². The summed E-state index contributed by atoms with van der Waals surface area (Å²) in [6.45, 7) is 10.3. The Labute approximate surface area is 531 Å². The van der Waals surface area contributed by atoms with E-state index >= 15 is 0 Å². The van der Waals surface area contributed by atoms with Gasteiger partial charge in [0.2, 0.25) is 17.1 Å². The van der Waals surface area contributed by atoms with E-state index in [1.165, 1.54) is 30.5 Å². The third kappa shape index (κ3) is 29.2. The van der Waals surface area contributed by atoms with Crippen LogP contribution in [0.1, 0.15) is 43.7 Å². The van der Waals surface area contributed by atoms with Crippen molar-refractivity contribution in [3.05, 3.63) is 95.2 Å². The van der Waals surface area contributed by atoms with Crippen LogP contribution >= 0.6 is 0 Å². The van der Waals surface area contributed by atoms with Gasteiger partial charge in [0, 0.05) is 60.6 Å². The van der Waals surface area contributed by atoms with Gasteiger partial charge in [-0.15, -0.1) is 4.73 Å². The van der Waals surface area contributed by atoms with Gasteiger partial charge < -0.3 is 81.2 Å². The summed E-state index contributed by atoms with van der Waals surface area (Å²) in [5.74, 6) is -2.02. The van der Waals surface area contributed by atoms with Crippen molar-refractivity contribution in [1.29, 1.82) is 0 Å². The number of ether oxygens (including phenoxy) is 12. The number of hydrogen-bond donors (Lipinski definition) is 5. The highest BCUT2D eigenvalue weighted by Gasteiger charge is 2.44. The predicted octanol–water partition coefficient (Wildman–Crippen LogP) is 3.11. The molecule has 0 amide bonds. The Balaban J connectivity index is 1.12. The van der Waals surface area contributed by atoms with Crippen LogP contribution in [0.4, 0.5) is 5.69 Å². The summed E-state index contributed by atoms with van der Waals surface area (Å²) in [6, 6.07) is 13.9. The van der Waals surface area contributed by atoms with E-state index in [0.717, 1.165) is 11.1 Å². The Morgan fingerprint density at radius 1 is 0.582 bits per heavy atom. The van der Waals surface area contributed by atoms with Crippen LogP contribution in [-0.2, 0) is 97.4 Å². The Bertz CT molecular complexity index is 3210. The number of aromatic hydroxyl groups is 2. The molecule has 5 N–H and O–H groups in total. The van der Waals surface area contributed by atoms with Gasteiger partial charge in [-0.3, -0.25) is 13.7 Å². The van der Waals surface area contributed by atoms with Crippen molar-refractivity contribution < 1.29 is 120 Å². The molecular formula is C59H88N3O26S3+. The maximum absolute atomic E-state index is 12.5. The summed E-state index contributed by atoms with van der Waals surface area (Å²) in [5, 5.41) is 19.8. The Morgan fingerprint density at radius 2 is 1.08 bits per heavy atom. The molecule has 32 heteroatoms. The van der Waals surface area contributed by atoms with Gasteiger partial charge in [0.15, 0.2) is 6.54 Å². The van der Waals surface area contributed by atoms with Crippen molar-refractivity contribution in [3.63, 3.8) is 0 Å². The van der Waals surface area contributed by atoms with E-state index in [0.29, 0.717) is 145 Å². The van der Waals surface area contributed by atoms with Crippen LogP contribution in [0.2, 0.25) is 0 Å². The average molecular weight is 1350 g/mol. The van der Waals surface area contributed by atoms with Crippen molar-refractivity contribution in [3.8, 4) is 23.1 Å². The maximum Gasteiger partial charge on any atom is 0.335 e. The fourth-order valence-corrected chi connectivity index (χ4v) is 10.8. The van der Waals surface area contributed by atoms with Gasteiger partial charge in [-0.2, -0.15) is 25.3 Å². The number of rotatable bonds is 51. The van der Waals surface area contributed by atoms with Gasteiger partial charge in [-0.1, -0.05) is 12.2 Å². The number of fused-ring (bicyclic) bond motifs is 2. The molecule has 1 unspecified atom stereocenters. The number of carbonyl (C=O) groups excluding carboxylic acids is 1. The topological polar surface area (TPSA) is 365 Å². The molecule has 29 nitrogen and oxygen atoms in total. The molecule has 1 atom stereocenters. The molecule has 5 rings (SSSR count). The molecule has 2 aliphatic heterocycles. The minimum absolute atomic E-state index is 0.00259. The third-order valence-electron chi connectivity index (χ3n) is 13.7. The molecule has 1 aliphatic carbocycles. The van der Waals surface area contributed by atoms with Gasteiger partial charge in [0.1, 0.15) is 18.9 Å². The molecule has 512 valence electrons. The van der Waals surface area contributed by atoms with Crippen LogP contribution in [-0.4, -0.2) is 250 Å². The van der Waals surface area contributed by atoms with Crippen LogP contribution in [0, 0.1) is 0 Å². The first-order chi connectivity index (χ1) is 43.7. The van der Waals surface area contributed by atoms with E-state index in [4.69, 9.17) is 66.1 Å². The van der Waals surface area contributed by atoms with Crippen molar-refractivity contribution in [2.45, 2.75) is 42.9 Å². The summed E-state index contributed by atoms with van der Waals surface area (Å²) in [4.78, 5) is 18.3. The monoisotopic (exact) mass is 1350 g/mol. The first-order valence-electron chi connectivity index (χ1n) is 29.6. The first-order valence-corrected chi connectivity index (χ1v) is 34.3. The number of hydrogen-bond acceptors (Lipinski definition) is 24. The fourth-order valence-electron chi connectivity index (χ4n) is 9.27. The lowest BCUT2D eigenvalue weighted by Crippen LogP contribution is -2.35. The lowest BCUT2D eigenvalue weighted by atomic mass is 9.77. The van der Waals surface area contributed by atoms with E-state index in [9.17, 15) is 53.9 Å². The molecule has 0 radical (unpaired) electrons. The minimum atomic E-state index is -4.65. The molecule has 0 spiro atoms. The smallest absolute Gasteiger partial charge is 0.335 e. The second-order valence-corrected chi connectivity index (χ2v) is 25.0. The number of benzene rings is 2. The highest BCUT2D eigenvalue weighted by Crippen LogP contribution is 2.51. The molecule has 1 aromatic heterocycles. The Hall–Kier alpha value is -5.47. The molecule has 91 heavy (non-hydrogen) atoms. The largest absolute Gasteiger partial charge is 0.492 e. The van der Waals surface area contributed by atoms with Gasteiger partial charge in [0.05, 0.1) is 181 Å².